The number of methoxy groups -OCH3 is 1. The van der Waals surface area contributed by atoms with Gasteiger partial charge in [0.05, 0.1) is 7.11 Å². The topological polar surface area (TPSA) is 79.5 Å². The lowest BCUT2D eigenvalue weighted by Crippen LogP contribution is -2.34. The van der Waals surface area contributed by atoms with Crippen LogP contribution >= 0.6 is 12.2 Å². The fraction of sp³-hybridized carbons (Fsp3) is 0.0357. The zero-order valence-electron chi connectivity index (χ0n) is 18.9. The summed E-state index contributed by atoms with van der Waals surface area (Å²) in [7, 11) is 1.54. The Morgan fingerprint density at radius 3 is 2.03 bits per heavy atom. The van der Waals surface area contributed by atoms with E-state index in [1.54, 1.807) is 60.7 Å². The minimum absolute atomic E-state index is 0.137. The second-order valence-electron chi connectivity index (χ2n) is 7.62. The summed E-state index contributed by atoms with van der Waals surface area (Å²) in [6.07, 6.45) is 0. The van der Waals surface area contributed by atoms with Gasteiger partial charge in [0, 0.05) is 22.5 Å². The van der Waals surface area contributed by atoms with E-state index in [1.807, 2.05) is 42.5 Å². The first-order valence-electron chi connectivity index (χ1n) is 10.8. The third kappa shape index (κ3) is 6.31. The van der Waals surface area contributed by atoms with Crippen molar-refractivity contribution in [3.63, 3.8) is 0 Å². The van der Waals surface area contributed by atoms with Gasteiger partial charge in [0.1, 0.15) is 5.75 Å². The van der Waals surface area contributed by atoms with Crippen molar-refractivity contribution in [2.24, 2.45) is 0 Å². The van der Waals surface area contributed by atoms with Crippen molar-refractivity contribution in [2.75, 3.05) is 17.7 Å². The average molecular weight is 482 g/mol. The van der Waals surface area contributed by atoms with Crippen molar-refractivity contribution in [3.05, 3.63) is 114 Å². The summed E-state index contributed by atoms with van der Waals surface area (Å²) in [5, 5.41) is 8.63. The van der Waals surface area contributed by atoms with Gasteiger partial charge in [-0.25, -0.2) is 0 Å². The molecule has 0 fully saturated rings. The van der Waals surface area contributed by atoms with E-state index in [1.165, 1.54) is 7.11 Å². The summed E-state index contributed by atoms with van der Waals surface area (Å²) < 4.78 is 5.15. The van der Waals surface area contributed by atoms with E-state index in [2.05, 4.69) is 16.0 Å². The molecule has 0 aliphatic heterocycles. The molecule has 0 saturated heterocycles. The highest BCUT2D eigenvalue weighted by atomic mass is 32.1. The minimum Gasteiger partial charge on any atom is -0.497 e. The zero-order chi connectivity index (χ0) is 24.6. The van der Waals surface area contributed by atoms with Crippen molar-refractivity contribution in [3.8, 4) is 16.9 Å². The Kier molecular flexibility index (Phi) is 7.50. The van der Waals surface area contributed by atoms with E-state index < -0.39 is 0 Å². The van der Waals surface area contributed by atoms with Crippen molar-refractivity contribution >= 4 is 40.5 Å². The lowest BCUT2D eigenvalue weighted by molar-refractivity contribution is 0.0976. The molecule has 0 atom stereocenters. The van der Waals surface area contributed by atoms with Crippen molar-refractivity contribution in [2.45, 2.75) is 0 Å². The van der Waals surface area contributed by atoms with Gasteiger partial charge in [0.2, 0.25) is 0 Å². The molecule has 4 aromatic rings. The van der Waals surface area contributed by atoms with Crippen LogP contribution in [0.5, 0.6) is 5.75 Å². The Hall–Kier alpha value is -4.49. The molecule has 0 spiro atoms. The number of benzene rings is 4. The van der Waals surface area contributed by atoms with Gasteiger partial charge in [0.25, 0.3) is 11.8 Å². The molecule has 0 unspecified atom stereocenters. The van der Waals surface area contributed by atoms with Crippen LogP contribution < -0.4 is 20.7 Å². The summed E-state index contributed by atoms with van der Waals surface area (Å²) in [4.78, 5) is 25.2. The molecule has 35 heavy (non-hydrogen) atoms. The maximum atomic E-state index is 12.7. The first kappa shape index (κ1) is 23.7. The van der Waals surface area contributed by atoms with E-state index in [4.69, 9.17) is 17.0 Å². The van der Waals surface area contributed by atoms with Gasteiger partial charge in [-0.2, -0.15) is 0 Å². The molecule has 174 valence electrons. The quantitative estimate of drug-likeness (QED) is 0.306. The van der Waals surface area contributed by atoms with Crippen LogP contribution in [-0.4, -0.2) is 24.0 Å². The van der Waals surface area contributed by atoms with E-state index in [0.717, 1.165) is 11.1 Å². The number of rotatable bonds is 6. The van der Waals surface area contributed by atoms with Gasteiger partial charge in [-0.3, -0.25) is 14.9 Å². The number of carbonyl (C=O) groups excluding carboxylic acids is 2. The Morgan fingerprint density at radius 1 is 0.657 bits per heavy atom. The van der Waals surface area contributed by atoms with Crippen LogP contribution in [0.25, 0.3) is 11.1 Å². The molecule has 0 radical (unpaired) electrons. The number of nitrogens with one attached hydrogen (secondary N) is 3. The number of hydrogen-bond acceptors (Lipinski definition) is 4. The second kappa shape index (κ2) is 11.1. The number of ether oxygens (including phenoxy) is 1. The van der Waals surface area contributed by atoms with Gasteiger partial charge in [0.15, 0.2) is 5.11 Å². The van der Waals surface area contributed by atoms with E-state index in [9.17, 15) is 9.59 Å². The molecule has 0 aliphatic rings. The number of anilines is 2. The molecule has 4 aromatic carbocycles. The fourth-order valence-electron chi connectivity index (χ4n) is 3.42. The summed E-state index contributed by atoms with van der Waals surface area (Å²) in [5.41, 5.74) is 4.31. The highest BCUT2D eigenvalue weighted by Gasteiger charge is 2.10. The predicted octanol–water partition coefficient (Wildman–Crippen LogP) is 5.74. The lowest BCUT2D eigenvalue weighted by atomic mass is 10.0. The average Bonchev–Trinajstić information content (AvgIpc) is 2.89. The SMILES string of the molecule is COc1cccc(C(=O)NC(=S)Nc2cccc(NC(=O)c3ccc(-c4ccccc4)cc3)c2)c1. The lowest BCUT2D eigenvalue weighted by Gasteiger charge is -2.12. The molecule has 2 amide bonds. The van der Waals surface area contributed by atoms with Gasteiger partial charge in [-0.15, -0.1) is 0 Å². The van der Waals surface area contributed by atoms with Crippen LogP contribution in [0.3, 0.4) is 0 Å². The first-order valence-corrected chi connectivity index (χ1v) is 11.3. The van der Waals surface area contributed by atoms with Crippen LogP contribution in [0.2, 0.25) is 0 Å². The van der Waals surface area contributed by atoms with Crippen molar-refractivity contribution in [1.29, 1.82) is 0 Å². The summed E-state index contributed by atoms with van der Waals surface area (Å²) in [6.45, 7) is 0. The van der Waals surface area contributed by atoms with Crippen LogP contribution in [-0.2, 0) is 0 Å². The highest BCUT2D eigenvalue weighted by molar-refractivity contribution is 7.80. The fourth-order valence-corrected chi connectivity index (χ4v) is 3.64. The number of amides is 2. The Labute approximate surface area is 209 Å². The van der Waals surface area contributed by atoms with Gasteiger partial charge < -0.3 is 15.4 Å². The summed E-state index contributed by atoms with van der Waals surface area (Å²) >= 11 is 5.27. The standard InChI is InChI=1S/C28H23N3O3S/c1-34-25-12-5-9-22(17-25)27(33)31-28(35)30-24-11-6-10-23(18-24)29-26(32)21-15-13-20(14-16-21)19-7-3-2-4-8-19/h2-18H,1H3,(H,29,32)(H2,30,31,33,35). The molecule has 7 heteroatoms. The monoisotopic (exact) mass is 481 g/mol. The smallest absolute Gasteiger partial charge is 0.257 e. The maximum absolute atomic E-state index is 12.7. The van der Waals surface area contributed by atoms with Crippen molar-refractivity contribution < 1.29 is 14.3 Å². The Balaban J connectivity index is 1.36. The van der Waals surface area contributed by atoms with Gasteiger partial charge >= 0.3 is 0 Å². The second-order valence-corrected chi connectivity index (χ2v) is 8.03. The first-order chi connectivity index (χ1) is 17.0. The van der Waals surface area contributed by atoms with E-state index in [0.29, 0.717) is 28.3 Å². The zero-order valence-corrected chi connectivity index (χ0v) is 19.8. The molecule has 4 rings (SSSR count). The van der Waals surface area contributed by atoms with E-state index >= 15 is 0 Å². The van der Waals surface area contributed by atoms with Gasteiger partial charge in [-0.05, 0) is 71.9 Å². The molecular formula is C28H23N3O3S. The molecular weight excluding hydrogens is 458 g/mol. The number of hydrogen-bond donors (Lipinski definition) is 3. The van der Waals surface area contributed by atoms with Crippen LogP contribution in [0.15, 0.2) is 103 Å². The predicted molar refractivity (Wildman–Crippen MR) is 143 cm³/mol. The molecule has 0 bridgehead atoms. The van der Waals surface area contributed by atoms with Gasteiger partial charge in [-0.1, -0.05) is 54.6 Å². The molecule has 3 N–H and O–H groups in total. The van der Waals surface area contributed by atoms with Crippen LogP contribution in [0.4, 0.5) is 11.4 Å². The third-order valence-corrected chi connectivity index (χ3v) is 5.40. The third-order valence-electron chi connectivity index (χ3n) is 5.19. The molecule has 0 heterocycles. The number of thiocarbonyl (C=S) groups is 1. The summed E-state index contributed by atoms with van der Waals surface area (Å²) in [6, 6.07) is 31.3. The Morgan fingerprint density at radius 2 is 1.31 bits per heavy atom. The molecule has 0 aliphatic carbocycles. The van der Waals surface area contributed by atoms with Crippen LogP contribution in [0.1, 0.15) is 20.7 Å². The van der Waals surface area contributed by atoms with Crippen LogP contribution in [0, 0.1) is 0 Å². The van der Waals surface area contributed by atoms with E-state index in [-0.39, 0.29) is 16.9 Å². The molecule has 6 nitrogen and oxygen atoms in total. The minimum atomic E-state index is -0.357. The molecule has 0 saturated carbocycles. The summed E-state index contributed by atoms with van der Waals surface area (Å²) in [5.74, 6) is -0.00449. The maximum Gasteiger partial charge on any atom is 0.257 e. The largest absolute Gasteiger partial charge is 0.497 e. The highest BCUT2D eigenvalue weighted by Crippen LogP contribution is 2.21. The molecule has 0 aromatic heterocycles. The van der Waals surface area contributed by atoms with Crippen molar-refractivity contribution in [1.82, 2.24) is 5.32 Å². The normalized spacial score (nSPS) is 10.2. The Bertz CT molecular complexity index is 1360. The number of carbonyl (C=O) groups is 2.